The van der Waals surface area contributed by atoms with Gasteiger partial charge in [-0.2, -0.15) is 0 Å². The summed E-state index contributed by atoms with van der Waals surface area (Å²) in [4.78, 5) is 5.05. The monoisotopic (exact) mass is 366 g/mol. The van der Waals surface area contributed by atoms with Gasteiger partial charge in [0.1, 0.15) is 5.01 Å². The summed E-state index contributed by atoms with van der Waals surface area (Å²) in [6.45, 7) is 4.74. The molecule has 3 aliphatic rings. The first-order chi connectivity index (χ1) is 9.90. The molecule has 1 aromatic heterocycles. The average Bonchev–Trinajstić information content (AvgIpc) is 2.81. The molecular weight excluding hydrogens is 348 g/mol. The summed E-state index contributed by atoms with van der Waals surface area (Å²) in [5, 5.41) is 11.0. The van der Waals surface area contributed by atoms with Gasteiger partial charge in [-0.3, -0.25) is 0 Å². The molecule has 0 unspecified atom stereocenters. The molecule has 0 amide bonds. The van der Waals surface area contributed by atoms with Crippen molar-refractivity contribution in [3.05, 3.63) is 30.3 Å². The number of hydrogen-bond donors (Lipinski definition) is 0. The smallest absolute Gasteiger partial charge is 0.208 e. The van der Waals surface area contributed by atoms with Crippen LogP contribution in [0.15, 0.2) is 30.3 Å². The van der Waals surface area contributed by atoms with E-state index in [-0.39, 0.29) is 17.0 Å². The van der Waals surface area contributed by atoms with Crippen molar-refractivity contribution in [2.45, 2.75) is 18.9 Å². The fourth-order valence-corrected chi connectivity index (χ4v) is 4.11. The maximum Gasteiger partial charge on any atom is 0.208 e. The van der Waals surface area contributed by atoms with Crippen molar-refractivity contribution in [1.29, 1.82) is 0 Å². The van der Waals surface area contributed by atoms with Crippen LogP contribution >= 0.6 is 28.3 Å². The lowest BCUT2D eigenvalue weighted by atomic mass is 10.1. The lowest BCUT2D eigenvalue weighted by molar-refractivity contribution is 0.250. The second kappa shape index (κ2) is 6.42. The highest BCUT2D eigenvalue weighted by Gasteiger charge is 2.30. The summed E-state index contributed by atoms with van der Waals surface area (Å²) in [7, 11) is 0. The Bertz CT molecular complexity index is 580. The highest BCUT2D eigenvalue weighted by molar-refractivity contribution is 8.93. The standard InChI is InChI=1S/C15H18N4S.BrH/c1-2-4-12(5-3-1)14-16-17-15(20-14)19-11-10-18-8-6-13(19)7-9-18;/h1-5,13H,6-11H2;1H. The number of fused-ring (bicyclic) bond motifs is 4. The van der Waals surface area contributed by atoms with Crippen molar-refractivity contribution in [3.63, 3.8) is 0 Å². The molecule has 4 heterocycles. The number of hydrogen-bond acceptors (Lipinski definition) is 5. The van der Waals surface area contributed by atoms with Crippen LogP contribution in [0.5, 0.6) is 0 Å². The zero-order valence-electron chi connectivity index (χ0n) is 11.8. The molecule has 2 aromatic rings. The van der Waals surface area contributed by atoms with Gasteiger partial charge in [0.05, 0.1) is 0 Å². The predicted octanol–water partition coefficient (Wildman–Crippen LogP) is 3.07. The molecule has 112 valence electrons. The third kappa shape index (κ3) is 2.98. The molecule has 4 nitrogen and oxygen atoms in total. The molecular formula is C15H19BrN4S. The topological polar surface area (TPSA) is 32.3 Å². The molecule has 3 aliphatic heterocycles. The van der Waals surface area contributed by atoms with Gasteiger partial charge in [0.25, 0.3) is 0 Å². The Kier molecular flexibility index (Phi) is 4.57. The fourth-order valence-electron chi connectivity index (χ4n) is 3.17. The molecule has 21 heavy (non-hydrogen) atoms. The van der Waals surface area contributed by atoms with E-state index < -0.39 is 0 Å². The number of piperidine rings is 1. The van der Waals surface area contributed by atoms with E-state index >= 15 is 0 Å². The second-order valence-electron chi connectivity index (χ2n) is 5.52. The van der Waals surface area contributed by atoms with Crippen molar-refractivity contribution < 1.29 is 0 Å². The van der Waals surface area contributed by atoms with Crippen molar-refractivity contribution in [3.8, 4) is 10.6 Å². The largest absolute Gasteiger partial charge is 0.342 e. The van der Waals surface area contributed by atoms with Gasteiger partial charge in [0.15, 0.2) is 0 Å². The van der Waals surface area contributed by atoms with Crippen LogP contribution in [0.25, 0.3) is 10.6 Å². The zero-order chi connectivity index (χ0) is 13.4. The molecule has 0 radical (unpaired) electrons. The number of halogens is 1. The van der Waals surface area contributed by atoms with Gasteiger partial charge in [-0.25, -0.2) is 0 Å². The van der Waals surface area contributed by atoms with Gasteiger partial charge in [-0.1, -0.05) is 41.7 Å². The zero-order valence-corrected chi connectivity index (χ0v) is 14.3. The summed E-state index contributed by atoms with van der Waals surface area (Å²) in [6.07, 6.45) is 2.53. The number of aromatic nitrogens is 2. The van der Waals surface area contributed by atoms with E-state index in [1.165, 1.54) is 31.5 Å². The van der Waals surface area contributed by atoms with Crippen LogP contribution in [0.4, 0.5) is 5.13 Å². The minimum absolute atomic E-state index is 0. The molecule has 3 fully saturated rings. The molecule has 6 heteroatoms. The van der Waals surface area contributed by atoms with E-state index in [1.807, 2.05) is 6.07 Å². The van der Waals surface area contributed by atoms with Crippen LogP contribution in [0.1, 0.15) is 12.8 Å². The molecule has 3 saturated heterocycles. The number of nitrogens with zero attached hydrogens (tertiary/aromatic N) is 4. The van der Waals surface area contributed by atoms with E-state index in [0.29, 0.717) is 6.04 Å². The molecule has 5 rings (SSSR count). The van der Waals surface area contributed by atoms with E-state index in [9.17, 15) is 0 Å². The van der Waals surface area contributed by atoms with Crippen LogP contribution in [0, 0.1) is 0 Å². The van der Waals surface area contributed by atoms with Gasteiger partial charge in [-0.05, 0) is 12.8 Å². The molecule has 0 spiro atoms. The Balaban J connectivity index is 0.00000132. The third-order valence-electron chi connectivity index (χ3n) is 4.34. The van der Waals surface area contributed by atoms with E-state index in [1.54, 1.807) is 11.3 Å². The Hall–Kier alpha value is -0.980. The molecule has 0 saturated carbocycles. The molecule has 0 aliphatic carbocycles. The van der Waals surface area contributed by atoms with Crippen molar-refractivity contribution in [2.75, 3.05) is 31.1 Å². The third-order valence-corrected chi connectivity index (χ3v) is 5.35. The van der Waals surface area contributed by atoms with Crippen LogP contribution in [0.2, 0.25) is 0 Å². The van der Waals surface area contributed by atoms with Crippen LogP contribution in [0.3, 0.4) is 0 Å². The first-order valence-corrected chi connectivity index (χ1v) is 8.10. The SMILES string of the molecule is Br.c1ccc(-c2nnc(N3CCN4CCC3CC4)s2)cc1. The fraction of sp³-hybridized carbons (Fsp3) is 0.467. The maximum absolute atomic E-state index is 4.45. The average molecular weight is 367 g/mol. The molecule has 0 N–H and O–H groups in total. The summed E-state index contributed by atoms with van der Waals surface area (Å²) in [5.41, 5.74) is 1.17. The van der Waals surface area contributed by atoms with Crippen molar-refractivity contribution in [2.24, 2.45) is 0 Å². The number of rotatable bonds is 2. The maximum atomic E-state index is 4.45. The van der Waals surface area contributed by atoms with E-state index in [4.69, 9.17) is 0 Å². The predicted molar refractivity (Wildman–Crippen MR) is 92.5 cm³/mol. The minimum Gasteiger partial charge on any atom is -0.342 e. The van der Waals surface area contributed by atoms with Gasteiger partial charge < -0.3 is 9.80 Å². The summed E-state index contributed by atoms with van der Waals surface area (Å²) in [6, 6.07) is 11.0. The van der Waals surface area contributed by atoms with Crippen LogP contribution in [-0.2, 0) is 0 Å². The summed E-state index contributed by atoms with van der Waals surface area (Å²) >= 11 is 1.72. The quantitative estimate of drug-likeness (QED) is 0.817. The Morgan fingerprint density at radius 2 is 1.71 bits per heavy atom. The number of anilines is 1. The van der Waals surface area contributed by atoms with E-state index in [0.717, 1.165) is 23.2 Å². The van der Waals surface area contributed by atoms with Gasteiger partial charge in [-0.15, -0.1) is 27.2 Å². The van der Waals surface area contributed by atoms with Gasteiger partial charge >= 0.3 is 0 Å². The summed E-state index contributed by atoms with van der Waals surface area (Å²) < 4.78 is 0. The Morgan fingerprint density at radius 3 is 2.48 bits per heavy atom. The molecule has 2 bridgehead atoms. The molecule has 1 aromatic carbocycles. The second-order valence-corrected chi connectivity index (χ2v) is 6.48. The van der Waals surface area contributed by atoms with Gasteiger partial charge in [0, 0.05) is 37.8 Å². The van der Waals surface area contributed by atoms with Crippen molar-refractivity contribution >= 4 is 33.4 Å². The van der Waals surface area contributed by atoms with Crippen LogP contribution in [-0.4, -0.2) is 47.3 Å². The Morgan fingerprint density at radius 1 is 0.952 bits per heavy atom. The highest BCUT2D eigenvalue weighted by Crippen LogP contribution is 2.32. The van der Waals surface area contributed by atoms with Gasteiger partial charge in [0.2, 0.25) is 5.13 Å². The van der Waals surface area contributed by atoms with Crippen LogP contribution < -0.4 is 4.90 Å². The summed E-state index contributed by atoms with van der Waals surface area (Å²) in [5.74, 6) is 0. The van der Waals surface area contributed by atoms with Crippen molar-refractivity contribution in [1.82, 2.24) is 15.1 Å². The number of benzene rings is 1. The first kappa shape index (κ1) is 14.9. The lowest BCUT2D eigenvalue weighted by Gasteiger charge is -2.30. The highest BCUT2D eigenvalue weighted by atomic mass is 79.9. The first-order valence-electron chi connectivity index (χ1n) is 7.28. The van der Waals surface area contributed by atoms with E-state index in [2.05, 4.69) is 44.3 Å². The minimum atomic E-state index is 0. The lowest BCUT2D eigenvalue weighted by Crippen LogP contribution is -2.37. The Labute approximate surface area is 139 Å². The normalized spacial score (nSPS) is 24.5. The molecule has 0 atom stereocenters.